The number of benzene rings is 1. The molecule has 1 N–H and O–H groups in total. The average molecular weight is 243 g/mol. The Morgan fingerprint density at radius 1 is 1.50 bits per heavy atom. The first kappa shape index (κ1) is 13.5. The molecule has 0 heterocycles. The number of methoxy groups -OCH3 is 1. The van der Waals surface area contributed by atoms with Crippen LogP contribution in [-0.4, -0.2) is 17.8 Å². The van der Waals surface area contributed by atoms with Crippen molar-refractivity contribution in [3.63, 3.8) is 0 Å². The topological polar surface area (TPSA) is 29.5 Å². The summed E-state index contributed by atoms with van der Waals surface area (Å²) < 4.78 is 5.38. The lowest BCUT2D eigenvalue weighted by Gasteiger charge is -2.32. The van der Waals surface area contributed by atoms with Crippen LogP contribution in [0.4, 0.5) is 0 Å². The van der Waals surface area contributed by atoms with Crippen molar-refractivity contribution < 1.29 is 9.84 Å². The first-order valence-corrected chi connectivity index (χ1v) is 5.81. The van der Waals surface area contributed by atoms with E-state index in [4.69, 9.17) is 16.3 Å². The van der Waals surface area contributed by atoms with Gasteiger partial charge in [0.15, 0.2) is 0 Å². The van der Waals surface area contributed by atoms with E-state index in [1.54, 1.807) is 13.2 Å². The van der Waals surface area contributed by atoms with Gasteiger partial charge in [-0.1, -0.05) is 30.7 Å². The molecule has 90 valence electrons. The molecule has 16 heavy (non-hydrogen) atoms. The standard InChI is InChI=1S/C13H19ClO2/c1-5-13(3,16-4)12(15)10-7-6-9(2)11(14)8-10/h6-8,12,15H,5H2,1-4H3. The third kappa shape index (κ3) is 2.57. The van der Waals surface area contributed by atoms with Gasteiger partial charge in [0.2, 0.25) is 0 Å². The molecule has 0 aliphatic carbocycles. The molecule has 0 aliphatic heterocycles. The smallest absolute Gasteiger partial charge is 0.108 e. The van der Waals surface area contributed by atoms with Crippen LogP contribution in [0.3, 0.4) is 0 Å². The lowest BCUT2D eigenvalue weighted by atomic mass is 9.90. The molecule has 0 spiro atoms. The Morgan fingerprint density at radius 2 is 2.12 bits per heavy atom. The number of aryl methyl sites for hydroxylation is 1. The largest absolute Gasteiger partial charge is 0.385 e. The van der Waals surface area contributed by atoms with E-state index in [0.717, 1.165) is 17.5 Å². The van der Waals surface area contributed by atoms with Gasteiger partial charge < -0.3 is 9.84 Å². The fourth-order valence-corrected chi connectivity index (χ4v) is 1.77. The second-order valence-corrected chi connectivity index (χ2v) is 4.69. The molecule has 2 unspecified atom stereocenters. The van der Waals surface area contributed by atoms with E-state index < -0.39 is 11.7 Å². The van der Waals surface area contributed by atoms with Gasteiger partial charge in [0.1, 0.15) is 6.10 Å². The Hall–Kier alpha value is -0.570. The Labute approximate surface area is 102 Å². The maximum atomic E-state index is 10.3. The molecule has 0 aliphatic rings. The molecule has 0 fully saturated rings. The van der Waals surface area contributed by atoms with E-state index >= 15 is 0 Å². The van der Waals surface area contributed by atoms with Crippen LogP contribution >= 0.6 is 11.6 Å². The zero-order valence-electron chi connectivity index (χ0n) is 10.2. The minimum atomic E-state index is -0.666. The van der Waals surface area contributed by atoms with Gasteiger partial charge in [0.25, 0.3) is 0 Å². The third-order valence-corrected chi connectivity index (χ3v) is 3.67. The predicted octanol–water partition coefficient (Wildman–Crippen LogP) is 3.50. The molecule has 2 nitrogen and oxygen atoms in total. The second-order valence-electron chi connectivity index (χ2n) is 4.28. The van der Waals surface area contributed by atoms with Crippen molar-refractivity contribution in [3.05, 3.63) is 34.3 Å². The molecule has 1 aromatic rings. The average Bonchev–Trinajstić information content (AvgIpc) is 2.30. The Kier molecular flexibility index (Phi) is 4.36. The highest BCUT2D eigenvalue weighted by Crippen LogP contribution is 2.33. The van der Waals surface area contributed by atoms with Gasteiger partial charge in [-0.2, -0.15) is 0 Å². The van der Waals surface area contributed by atoms with Crippen molar-refractivity contribution in [1.29, 1.82) is 0 Å². The van der Waals surface area contributed by atoms with Crippen molar-refractivity contribution in [2.75, 3.05) is 7.11 Å². The van der Waals surface area contributed by atoms with Crippen LogP contribution in [-0.2, 0) is 4.74 Å². The van der Waals surface area contributed by atoms with E-state index in [1.807, 2.05) is 32.9 Å². The summed E-state index contributed by atoms with van der Waals surface area (Å²) in [5.41, 5.74) is 1.23. The predicted molar refractivity (Wildman–Crippen MR) is 66.9 cm³/mol. The molecule has 1 aromatic carbocycles. The Balaban J connectivity index is 3.04. The summed E-state index contributed by atoms with van der Waals surface area (Å²) in [5.74, 6) is 0. The third-order valence-electron chi connectivity index (χ3n) is 3.26. The van der Waals surface area contributed by atoms with Crippen LogP contribution in [0.25, 0.3) is 0 Å². The molecular formula is C13H19ClO2. The van der Waals surface area contributed by atoms with Crippen LogP contribution in [0.5, 0.6) is 0 Å². The number of hydrogen-bond donors (Lipinski definition) is 1. The van der Waals surface area contributed by atoms with Gasteiger partial charge in [0, 0.05) is 12.1 Å². The van der Waals surface area contributed by atoms with Crippen LogP contribution in [0, 0.1) is 6.92 Å². The summed E-state index contributed by atoms with van der Waals surface area (Å²) >= 11 is 6.04. The molecule has 0 bridgehead atoms. The van der Waals surface area contributed by atoms with Crippen LogP contribution in [0.15, 0.2) is 18.2 Å². The molecular weight excluding hydrogens is 224 g/mol. The van der Waals surface area contributed by atoms with Gasteiger partial charge >= 0.3 is 0 Å². The second kappa shape index (κ2) is 5.17. The first-order valence-electron chi connectivity index (χ1n) is 5.44. The van der Waals surface area contributed by atoms with Crippen molar-refractivity contribution in [3.8, 4) is 0 Å². The molecule has 0 radical (unpaired) electrons. The highest BCUT2D eigenvalue weighted by molar-refractivity contribution is 6.31. The summed E-state index contributed by atoms with van der Waals surface area (Å²) in [7, 11) is 1.61. The first-order chi connectivity index (χ1) is 7.44. The summed E-state index contributed by atoms with van der Waals surface area (Å²) in [4.78, 5) is 0. The summed E-state index contributed by atoms with van der Waals surface area (Å²) in [6, 6.07) is 5.60. The Bertz CT molecular complexity index is 359. The van der Waals surface area contributed by atoms with Gasteiger partial charge in [-0.25, -0.2) is 0 Å². The molecule has 0 saturated carbocycles. The van der Waals surface area contributed by atoms with Crippen LogP contribution < -0.4 is 0 Å². The minimum absolute atomic E-state index is 0.571. The molecule has 0 aromatic heterocycles. The number of halogens is 1. The Morgan fingerprint density at radius 3 is 2.56 bits per heavy atom. The van der Waals surface area contributed by atoms with Gasteiger partial charge in [-0.05, 0) is 37.5 Å². The lowest BCUT2D eigenvalue weighted by molar-refractivity contribution is -0.0944. The van der Waals surface area contributed by atoms with Gasteiger partial charge in [-0.15, -0.1) is 0 Å². The number of aliphatic hydroxyl groups is 1. The number of ether oxygens (including phenoxy) is 1. The molecule has 2 atom stereocenters. The fourth-order valence-electron chi connectivity index (χ4n) is 1.58. The number of aliphatic hydroxyl groups excluding tert-OH is 1. The maximum Gasteiger partial charge on any atom is 0.108 e. The molecule has 0 amide bonds. The van der Waals surface area contributed by atoms with Crippen LogP contribution in [0.1, 0.15) is 37.5 Å². The lowest BCUT2D eigenvalue weighted by Crippen LogP contribution is -2.34. The highest BCUT2D eigenvalue weighted by atomic mass is 35.5. The quantitative estimate of drug-likeness (QED) is 0.876. The SMILES string of the molecule is CCC(C)(OC)C(O)c1ccc(C)c(Cl)c1. The molecule has 0 saturated heterocycles. The number of rotatable bonds is 4. The van der Waals surface area contributed by atoms with Crippen molar-refractivity contribution >= 4 is 11.6 Å². The summed E-state index contributed by atoms with van der Waals surface area (Å²) in [6.45, 7) is 5.82. The highest BCUT2D eigenvalue weighted by Gasteiger charge is 2.32. The number of hydrogen-bond acceptors (Lipinski definition) is 2. The van der Waals surface area contributed by atoms with E-state index in [2.05, 4.69) is 0 Å². The van der Waals surface area contributed by atoms with E-state index in [1.165, 1.54) is 0 Å². The van der Waals surface area contributed by atoms with E-state index in [0.29, 0.717) is 5.02 Å². The molecule has 3 heteroatoms. The van der Waals surface area contributed by atoms with Crippen LogP contribution in [0.2, 0.25) is 5.02 Å². The normalized spacial score (nSPS) is 16.9. The summed E-state index contributed by atoms with van der Waals surface area (Å²) in [6.07, 6.45) is 0.0662. The maximum absolute atomic E-state index is 10.3. The van der Waals surface area contributed by atoms with Gasteiger partial charge in [0.05, 0.1) is 5.60 Å². The monoisotopic (exact) mass is 242 g/mol. The fraction of sp³-hybridized carbons (Fsp3) is 0.538. The van der Waals surface area contributed by atoms with Crippen molar-refractivity contribution in [2.24, 2.45) is 0 Å². The van der Waals surface area contributed by atoms with Crippen molar-refractivity contribution in [1.82, 2.24) is 0 Å². The minimum Gasteiger partial charge on any atom is -0.385 e. The zero-order chi connectivity index (χ0) is 12.3. The van der Waals surface area contributed by atoms with E-state index in [9.17, 15) is 5.11 Å². The van der Waals surface area contributed by atoms with Crippen molar-refractivity contribution in [2.45, 2.75) is 38.9 Å². The van der Waals surface area contributed by atoms with E-state index in [-0.39, 0.29) is 0 Å². The van der Waals surface area contributed by atoms with Gasteiger partial charge in [-0.3, -0.25) is 0 Å². The molecule has 1 rings (SSSR count). The summed E-state index contributed by atoms with van der Waals surface area (Å²) in [5, 5.41) is 10.9. The zero-order valence-corrected chi connectivity index (χ0v) is 11.0.